The second kappa shape index (κ2) is 6.25. The number of phenolic OH excluding ortho intramolecular Hbond substituents is 1. The van der Waals surface area contributed by atoms with Crippen LogP contribution in [0, 0.1) is 0 Å². The van der Waals surface area contributed by atoms with Gasteiger partial charge in [-0.15, -0.1) is 0 Å². The summed E-state index contributed by atoms with van der Waals surface area (Å²) >= 11 is 0. The Morgan fingerprint density at radius 2 is 2.27 bits per heavy atom. The van der Waals surface area contributed by atoms with Crippen molar-refractivity contribution in [1.82, 2.24) is 0 Å². The number of hydrogen-bond acceptors (Lipinski definition) is 2. The first-order valence-electron chi connectivity index (χ1n) is 5.30. The van der Waals surface area contributed by atoms with Crippen molar-refractivity contribution in [3.05, 3.63) is 35.9 Å². The molecule has 0 aromatic heterocycles. The van der Waals surface area contributed by atoms with Crippen LogP contribution < -0.4 is 0 Å². The predicted octanol–water partition coefficient (Wildman–Crippen LogP) is 3.35. The summed E-state index contributed by atoms with van der Waals surface area (Å²) in [5.41, 5.74) is 1.58. The van der Waals surface area contributed by atoms with Crippen LogP contribution in [0.25, 0.3) is 6.08 Å². The monoisotopic (exact) mass is 206 g/mol. The number of hydrogen-bond donors (Lipinski definition) is 1. The normalized spacial score (nSPS) is 10.2. The molecule has 15 heavy (non-hydrogen) atoms. The average molecular weight is 206 g/mol. The zero-order valence-electron chi connectivity index (χ0n) is 9.20. The molecule has 0 aliphatic heterocycles. The summed E-state index contributed by atoms with van der Waals surface area (Å²) in [6.07, 6.45) is 3.82. The fourth-order valence-electron chi connectivity index (χ4n) is 1.32. The van der Waals surface area contributed by atoms with Gasteiger partial charge in [-0.2, -0.15) is 0 Å². The van der Waals surface area contributed by atoms with Crippen LogP contribution in [-0.2, 0) is 11.3 Å². The minimum atomic E-state index is 0.281. The number of unbranched alkanes of at least 4 members (excludes halogenated alkanes) is 1. The van der Waals surface area contributed by atoms with Crippen molar-refractivity contribution in [2.45, 2.75) is 26.4 Å². The van der Waals surface area contributed by atoms with Crippen molar-refractivity contribution in [1.29, 1.82) is 0 Å². The first-order chi connectivity index (χ1) is 7.29. The molecule has 0 aliphatic carbocycles. The summed E-state index contributed by atoms with van der Waals surface area (Å²) in [7, 11) is 0. The zero-order chi connectivity index (χ0) is 11.1. The maximum absolute atomic E-state index is 9.79. The van der Waals surface area contributed by atoms with Gasteiger partial charge in [-0.25, -0.2) is 0 Å². The Labute approximate surface area is 91.2 Å². The van der Waals surface area contributed by atoms with E-state index in [1.807, 2.05) is 18.2 Å². The summed E-state index contributed by atoms with van der Waals surface area (Å²) < 4.78 is 5.45. The Hall–Kier alpha value is -1.28. The SMILES string of the molecule is C=Cc1cccc(COCCCC)c1O. The largest absolute Gasteiger partial charge is 0.507 e. The Balaban J connectivity index is 2.57. The molecular weight excluding hydrogens is 188 g/mol. The maximum atomic E-state index is 9.79. The first-order valence-corrected chi connectivity index (χ1v) is 5.30. The van der Waals surface area contributed by atoms with Crippen molar-refractivity contribution in [2.75, 3.05) is 6.61 Å². The molecular formula is C13H18O2. The van der Waals surface area contributed by atoms with Gasteiger partial charge in [0.25, 0.3) is 0 Å². The first kappa shape index (κ1) is 11.8. The number of ether oxygens (including phenoxy) is 1. The minimum absolute atomic E-state index is 0.281. The molecule has 0 atom stereocenters. The molecule has 0 spiro atoms. The second-order valence-electron chi connectivity index (χ2n) is 3.47. The summed E-state index contributed by atoms with van der Waals surface area (Å²) in [5, 5.41) is 9.79. The van der Waals surface area contributed by atoms with Gasteiger partial charge >= 0.3 is 0 Å². The molecule has 2 nitrogen and oxygen atoms in total. The van der Waals surface area contributed by atoms with Crippen molar-refractivity contribution < 1.29 is 9.84 Å². The van der Waals surface area contributed by atoms with Crippen LogP contribution in [0.15, 0.2) is 24.8 Å². The maximum Gasteiger partial charge on any atom is 0.128 e. The lowest BCUT2D eigenvalue weighted by Gasteiger charge is -2.07. The Bertz CT molecular complexity index is 318. The van der Waals surface area contributed by atoms with E-state index in [0.29, 0.717) is 6.61 Å². The van der Waals surface area contributed by atoms with Gasteiger partial charge in [0.2, 0.25) is 0 Å². The molecule has 2 heteroatoms. The van der Waals surface area contributed by atoms with E-state index >= 15 is 0 Å². The lowest BCUT2D eigenvalue weighted by molar-refractivity contribution is 0.116. The van der Waals surface area contributed by atoms with E-state index in [2.05, 4.69) is 13.5 Å². The second-order valence-corrected chi connectivity index (χ2v) is 3.47. The lowest BCUT2D eigenvalue weighted by Crippen LogP contribution is -1.96. The van der Waals surface area contributed by atoms with E-state index in [9.17, 15) is 5.11 Å². The fourth-order valence-corrected chi connectivity index (χ4v) is 1.32. The third-order valence-corrected chi connectivity index (χ3v) is 2.27. The smallest absolute Gasteiger partial charge is 0.128 e. The predicted molar refractivity (Wildman–Crippen MR) is 62.8 cm³/mol. The van der Waals surface area contributed by atoms with Crippen LogP contribution >= 0.6 is 0 Å². The molecule has 1 aromatic rings. The van der Waals surface area contributed by atoms with Gasteiger partial charge in [0.05, 0.1) is 6.61 Å². The molecule has 0 bridgehead atoms. The molecule has 0 fully saturated rings. The van der Waals surface area contributed by atoms with Gasteiger partial charge in [-0.1, -0.05) is 44.2 Å². The average Bonchev–Trinajstić information content (AvgIpc) is 2.26. The van der Waals surface area contributed by atoms with E-state index in [1.165, 1.54) is 0 Å². The quantitative estimate of drug-likeness (QED) is 0.723. The molecule has 82 valence electrons. The molecule has 0 heterocycles. The van der Waals surface area contributed by atoms with Gasteiger partial charge in [0, 0.05) is 17.7 Å². The van der Waals surface area contributed by atoms with Gasteiger partial charge < -0.3 is 9.84 Å². The number of benzene rings is 1. The number of aromatic hydroxyl groups is 1. The van der Waals surface area contributed by atoms with E-state index in [1.54, 1.807) is 6.08 Å². The van der Waals surface area contributed by atoms with Crippen LogP contribution in [0.2, 0.25) is 0 Å². The summed E-state index contributed by atoms with van der Waals surface area (Å²) in [5.74, 6) is 0.281. The molecule has 0 aliphatic rings. The summed E-state index contributed by atoms with van der Waals surface area (Å²) in [6, 6.07) is 5.60. The summed E-state index contributed by atoms with van der Waals surface area (Å²) in [4.78, 5) is 0. The summed E-state index contributed by atoms with van der Waals surface area (Å²) in [6.45, 7) is 6.98. The Kier molecular flexibility index (Phi) is 4.91. The van der Waals surface area contributed by atoms with Crippen molar-refractivity contribution in [2.24, 2.45) is 0 Å². The van der Waals surface area contributed by atoms with Gasteiger partial charge in [-0.3, -0.25) is 0 Å². The Morgan fingerprint density at radius 3 is 2.93 bits per heavy atom. The molecule has 0 amide bonds. The van der Waals surface area contributed by atoms with Gasteiger partial charge in [-0.05, 0) is 6.42 Å². The minimum Gasteiger partial charge on any atom is -0.507 e. The van der Waals surface area contributed by atoms with Crippen LogP contribution in [-0.4, -0.2) is 11.7 Å². The number of phenols is 1. The molecule has 0 saturated carbocycles. The third kappa shape index (κ3) is 3.40. The van der Waals surface area contributed by atoms with E-state index in [4.69, 9.17) is 4.74 Å². The molecule has 0 radical (unpaired) electrons. The molecule has 1 rings (SSSR count). The van der Waals surface area contributed by atoms with Crippen molar-refractivity contribution >= 4 is 6.08 Å². The van der Waals surface area contributed by atoms with Crippen molar-refractivity contribution in [3.63, 3.8) is 0 Å². The molecule has 0 saturated heterocycles. The van der Waals surface area contributed by atoms with E-state index in [-0.39, 0.29) is 5.75 Å². The van der Waals surface area contributed by atoms with Crippen LogP contribution in [0.4, 0.5) is 0 Å². The van der Waals surface area contributed by atoms with Crippen molar-refractivity contribution in [3.8, 4) is 5.75 Å². The third-order valence-electron chi connectivity index (χ3n) is 2.27. The molecule has 1 aromatic carbocycles. The van der Waals surface area contributed by atoms with Gasteiger partial charge in [0.15, 0.2) is 0 Å². The highest BCUT2D eigenvalue weighted by atomic mass is 16.5. The lowest BCUT2D eigenvalue weighted by atomic mass is 10.1. The number of rotatable bonds is 6. The standard InChI is InChI=1S/C13H18O2/c1-3-5-9-15-10-12-8-6-7-11(4-2)13(12)14/h4,6-8,14H,2-3,5,9-10H2,1H3. The fraction of sp³-hybridized carbons (Fsp3) is 0.385. The molecule has 1 N–H and O–H groups in total. The van der Waals surface area contributed by atoms with Crippen LogP contribution in [0.1, 0.15) is 30.9 Å². The highest BCUT2D eigenvalue weighted by Gasteiger charge is 2.03. The van der Waals surface area contributed by atoms with Crippen LogP contribution in [0.5, 0.6) is 5.75 Å². The number of para-hydroxylation sites is 1. The van der Waals surface area contributed by atoms with E-state index in [0.717, 1.165) is 30.6 Å². The molecule has 0 unspecified atom stereocenters. The zero-order valence-corrected chi connectivity index (χ0v) is 9.20. The van der Waals surface area contributed by atoms with Gasteiger partial charge in [0.1, 0.15) is 5.75 Å². The van der Waals surface area contributed by atoms with Crippen LogP contribution in [0.3, 0.4) is 0 Å². The highest BCUT2D eigenvalue weighted by molar-refractivity contribution is 5.57. The Morgan fingerprint density at radius 1 is 1.47 bits per heavy atom. The topological polar surface area (TPSA) is 29.5 Å². The van der Waals surface area contributed by atoms with E-state index < -0.39 is 0 Å². The highest BCUT2D eigenvalue weighted by Crippen LogP contribution is 2.23.